The zero-order chi connectivity index (χ0) is 15.8. The molecule has 1 atom stereocenters. The van der Waals surface area contributed by atoms with Gasteiger partial charge in [0.1, 0.15) is 31.3 Å². The fraction of sp³-hybridized carbons (Fsp3) is 0.278. The predicted molar refractivity (Wildman–Crippen MR) is 83.0 cm³/mol. The summed E-state index contributed by atoms with van der Waals surface area (Å²) in [6, 6.07) is 10.9. The molecule has 0 radical (unpaired) electrons. The summed E-state index contributed by atoms with van der Waals surface area (Å²) in [4.78, 5) is 12.8. The summed E-state index contributed by atoms with van der Waals surface area (Å²) < 4.78 is 22.1. The summed E-state index contributed by atoms with van der Waals surface area (Å²) >= 11 is 0. The third kappa shape index (κ3) is 2.38. The maximum Gasteiger partial charge on any atom is 0.177 e. The zero-order valence-electron chi connectivity index (χ0n) is 12.7. The van der Waals surface area contributed by atoms with Gasteiger partial charge in [-0.15, -0.1) is 0 Å². The number of carbonyl (C=O) groups excluding carboxylic acids is 1. The van der Waals surface area contributed by atoms with Crippen molar-refractivity contribution in [1.29, 1.82) is 0 Å². The number of benzene rings is 2. The van der Waals surface area contributed by atoms with Gasteiger partial charge >= 0.3 is 0 Å². The molecule has 0 bridgehead atoms. The summed E-state index contributed by atoms with van der Waals surface area (Å²) in [5.41, 5.74) is 1.46. The highest BCUT2D eigenvalue weighted by atomic mass is 16.6. The Bertz CT molecular complexity index is 768. The van der Waals surface area contributed by atoms with Crippen LogP contribution in [0.1, 0.15) is 21.8 Å². The minimum Gasteiger partial charge on any atom is -0.497 e. The predicted octanol–water partition coefficient (Wildman–Crippen LogP) is 2.83. The van der Waals surface area contributed by atoms with Crippen molar-refractivity contribution >= 4 is 5.78 Å². The lowest BCUT2D eigenvalue weighted by molar-refractivity contribution is 0.0895. The molecule has 0 aliphatic carbocycles. The smallest absolute Gasteiger partial charge is 0.177 e. The molecule has 23 heavy (non-hydrogen) atoms. The molecule has 0 amide bonds. The van der Waals surface area contributed by atoms with E-state index >= 15 is 0 Å². The normalized spacial score (nSPS) is 18.8. The van der Waals surface area contributed by atoms with E-state index in [1.165, 1.54) is 0 Å². The minimum atomic E-state index is -0.341. The van der Waals surface area contributed by atoms with Gasteiger partial charge in [0, 0.05) is 6.07 Å². The molecule has 0 aromatic heterocycles. The van der Waals surface area contributed by atoms with E-state index in [2.05, 4.69) is 0 Å². The summed E-state index contributed by atoms with van der Waals surface area (Å²) in [5.74, 6) is 2.35. The van der Waals surface area contributed by atoms with Crippen LogP contribution in [0.4, 0.5) is 0 Å². The van der Waals surface area contributed by atoms with E-state index in [1.54, 1.807) is 25.3 Å². The highest BCUT2D eigenvalue weighted by molar-refractivity contribution is 6.04. The maximum atomic E-state index is 12.8. The molecule has 118 valence electrons. The van der Waals surface area contributed by atoms with Crippen molar-refractivity contribution in [2.75, 3.05) is 26.9 Å². The lowest BCUT2D eigenvalue weighted by atomic mass is 9.88. The number of hydrogen-bond acceptors (Lipinski definition) is 5. The molecule has 0 unspecified atom stereocenters. The van der Waals surface area contributed by atoms with Crippen molar-refractivity contribution in [2.45, 2.75) is 5.92 Å². The van der Waals surface area contributed by atoms with Crippen molar-refractivity contribution in [3.8, 4) is 23.0 Å². The first-order valence-corrected chi connectivity index (χ1v) is 7.51. The number of methoxy groups -OCH3 is 1. The van der Waals surface area contributed by atoms with E-state index in [-0.39, 0.29) is 11.7 Å². The second kappa shape index (κ2) is 5.50. The van der Waals surface area contributed by atoms with Crippen molar-refractivity contribution < 1.29 is 23.7 Å². The molecule has 0 fully saturated rings. The quantitative estimate of drug-likeness (QED) is 0.853. The molecule has 2 aliphatic heterocycles. The van der Waals surface area contributed by atoms with Crippen LogP contribution in [0.5, 0.6) is 23.0 Å². The molecule has 4 rings (SSSR count). The Morgan fingerprint density at radius 1 is 0.957 bits per heavy atom. The van der Waals surface area contributed by atoms with Crippen molar-refractivity contribution in [3.63, 3.8) is 0 Å². The van der Waals surface area contributed by atoms with Gasteiger partial charge in [0.25, 0.3) is 0 Å². The van der Waals surface area contributed by atoms with Crippen LogP contribution in [-0.4, -0.2) is 32.7 Å². The topological polar surface area (TPSA) is 54.0 Å². The molecule has 0 saturated carbocycles. The van der Waals surface area contributed by atoms with E-state index in [0.29, 0.717) is 48.4 Å². The molecule has 2 aromatic carbocycles. The second-order valence-corrected chi connectivity index (χ2v) is 5.49. The van der Waals surface area contributed by atoms with Crippen molar-refractivity contribution in [2.24, 2.45) is 0 Å². The van der Waals surface area contributed by atoms with Gasteiger partial charge in [-0.05, 0) is 29.8 Å². The van der Waals surface area contributed by atoms with E-state index in [1.807, 2.05) is 18.2 Å². The van der Waals surface area contributed by atoms with Gasteiger partial charge in [-0.1, -0.05) is 6.07 Å². The van der Waals surface area contributed by atoms with Crippen LogP contribution < -0.4 is 18.9 Å². The Labute approximate surface area is 133 Å². The average molecular weight is 312 g/mol. The Balaban J connectivity index is 1.67. The highest BCUT2D eigenvalue weighted by Gasteiger charge is 2.31. The lowest BCUT2D eigenvalue weighted by Gasteiger charge is -2.26. The third-order valence-electron chi connectivity index (χ3n) is 4.14. The zero-order valence-corrected chi connectivity index (χ0v) is 12.7. The van der Waals surface area contributed by atoms with Crippen LogP contribution >= 0.6 is 0 Å². The Hall–Kier alpha value is -2.69. The number of ketones is 1. The molecule has 0 saturated heterocycles. The molecule has 0 spiro atoms. The number of fused-ring (bicyclic) bond motifs is 2. The Morgan fingerprint density at radius 2 is 1.78 bits per heavy atom. The number of ether oxygens (including phenoxy) is 4. The fourth-order valence-electron chi connectivity index (χ4n) is 2.91. The van der Waals surface area contributed by atoms with E-state index in [0.717, 1.165) is 5.56 Å². The van der Waals surface area contributed by atoms with Gasteiger partial charge < -0.3 is 18.9 Å². The van der Waals surface area contributed by atoms with Gasteiger partial charge in [-0.3, -0.25) is 4.79 Å². The van der Waals surface area contributed by atoms with Gasteiger partial charge in [-0.25, -0.2) is 0 Å². The third-order valence-corrected chi connectivity index (χ3v) is 4.14. The summed E-state index contributed by atoms with van der Waals surface area (Å²) in [6.07, 6.45) is 0. The first-order valence-electron chi connectivity index (χ1n) is 7.51. The molecule has 0 N–H and O–H groups in total. The van der Waals surface area contributed by atoms with Crippen molar-refractivity contribution in [3.05, 3.63) is 47.5 Å². The molecule has 2 aliphatic rings. The highest BCUT2D eigenvalue weighted by Crippen LogP contribution is 2.38. The molecule has 5 heteroatoms. The van der Waals surface area contributed by atoms with E-state index < -0.39 is 0 Å². The molecule has 5 nitrogen and oxygen atoms in total. The van der Waals surface area contributed by atoms with Crippen LogP contribution in [0, 0.1) is 0 Å². The first-order chi connectivity index (χ1) is 11.3. The fourth-order valence-corrected chi connectivity index (χ4v) is 2.91. The van der Waals surface area contributed by atoms with Crippen LogP contribution in [0.25, 0.3) is 0 Å². The summed E-state index contributed by atoms with van der Waals surface area (Å²) in [5, 5.41) is 0. The van der Waals surface area contributed by atoms with Crippen molar-refractivity contribution in [1.82, 2.24) is 0 Å². The summed E-state index contributed by atoms with van der Waals surface area (Å²) in [7, 11) is 1.59. The second-order valence-electron chi connectivity index (χ2n) is 5.49. The number of rotatable bonds is 2. The van der Waals surface area contributed by atoms with Crippen LogP contribution in [0.3, 0.4) is 0 Å². The van der Waals surface area contributed by atoms with Gasteiger partial charge in [-0.2, -0.15) is 0 Å². The number of carbonyl (C=O) groups is 1. The van der Waals surface area contributed by atoms with Gasteiger partial charge in [0.15, 0.2) is 17.3 Å². The van der Waals surface area contributed by atoms with E-state index in [9.17, 15) is 4.79 Å². The van der Waals surface area contributed by atoms with Crippen LogP contribution in [-0.2, 0) is 0 Å². The maximum absolute atomic E-state index is 12.8. The standard InChI is InChI=1S/C18H16O5/c1-20-12-3-4-13-16(9-12)23-10-14(18(13)19)11-2-5-15-17(8-11)22-7-6-21-15/h2-5,8-9,14H,6-7,10H2,1H3/t14-/m0/s1. The molecular formula is C18H16O5. The SMILES string of the molecule is COc1ccc2c(c1)OC[C@@H](c1ccc3c(c1)OCCO3)C2=O. The molecule has 2 aromatic rings. The Morgan fingerprint density at radius 3 is 2.61 bits per heavy atom. The Kier molecular flexibility index (Phi) is 3.33. The average Bonchev–Trinajstić information content (AvgIpc) is 2.61. The van der Waals surface area contributed by atoms with Crippen LogP contribution in [0.15, 0.2) is 36.4 Å². The van der Waals surface area contributed by atoms with Crippen LogP contribution in [0.2, 0.25) is 0 Å². The molecule has 2 heterocycles. The largest absolute Gasteiger partial charge is 0.497 e. The number of hydrogen-bond donors (Lipinski definition) is 0. The minimum absolute atomic E-state index is 0.0468. The monoisotopic (exact) mass is 312 g/mol. The lowest BCUT2D eigenvalue weighted by Crippen LogP contribution is -2.26. The van der Waals surface area contributed by atoms with E-state index in [4.69, 9.17) is 18.9 Å². The summed E-state index contributed by atoms with van der Waals surface area (Å²) in [6.45, 7) is 1.37. The number of Topliss-reactive ketones (excluding diaryl/α,β-unsaturated/α-hetero) is 1. The first kappa shape index (κ1) is 13.9. The molecular weight excluding hydrogens is 296 g/mol. The van der Waals surface area contributed by atoms with Gasteiger partial charge in [0.05, 0.1) is 18.6 Å². The van der Waals surface area contributed by atoms with Gasteiger partial charge in [0.2, 0.25) is 0 Å².